The maximum Gasteiger partial charge on any atom is 0.251 e. The molecule has 23 heavy (non-hydrogen) atoms. The second-order valence-corrected chi connectivity index (χ2v) is 6.03. The van der Waals surface area contributed by atoms with Gasteiger partial charge in [-0.15, -0.1) is 0 Å². The van der Waals surface area contributed by atoms with Gasteiger partial charge in [0.15, 0.2) is 0 Å². The van der Waals surface area contributed by atoms with Crippen LogP contribution in [0.2, 0.25) is 5.02 Å². The zero-order valence-corrected chi connectivity index (χ0v) is 13.9. The van der Waals surface area contributed by atoms with Gasteiger partial charge in [-0.2, -0.15) is 5.10 Å². The van der Waals surface area contributed by atoms with E-state index < -0.39 is 0 Å². The van der Waals surface area contributed by atoms with Gasteiger partial charge in [-0.25, -0.2) is 4.98 Å². The fraction of sp³-hybridized carbons (Fsp3) is 0.235. The van der Waals surface area contributed by atoms with E-state index >= 15 is 0 Å². The first-order valence-corrected chi connectivity index (χ1v) is 7.70. The highest BCUT2D eigenvalue weighted by Gasteiger charge is 2.14. The number of aryl methyl sites for hydroxylation is 2. The van der Waals surface area contributed by atoms with E-state index in [1.54, 1.807) is 13.1 Å². The van der Waals surface area contributed by atoms with E-state index in [1.165, 1.54) is 6.07 Å². The van der Waals surface area contributed by atoms with E-state index in [0.717, 1.165) is 21.7 Å². The molecule has 0 aliphatic rings. The lowest BCUT2D eigenvalue weighted by atomic mass is 10.1. The summed E-state index contributed by atoms with van der Waals surface area (Å²) in [4.78, 5) is 18.6. The van der Waals surface area contributed by atoms with E-state index in [4.69, 9.17) is 11.6 Å². The van der Waals surface area contributed by atoms with E-state index in [9.17, 15) is 4.79 Å². The van der Waals surface area contributed by atoms with Crippen molar-refractivity contribution < 1.29 is 0 Å². The van der Waals surface area contributed by atoms with Gasteiger partial charge in [0.1, 0.15) is 5.82 Å². The van der Waals surface area contributed by atoms with E-state index in [2.05, 4.69) is 15.1 Å². The van der Waals surface area contributed by atoms with Gasteiger partial charge in [0.25, 0.3) is 5.56 Å². The van der Waals surface area contributed by atoms with Gasteiger partial charge in [-0.05, 0) is 38.0 Å². The molecule has 0 unspecified atom stereocenters. The Hall–Kier alpha value is -2.40. The van der Waals surface area contributed by atoms with Gasteiger partial charge < -0.3 is 4.98 Å². The maximum atomic E-state index is 11.6. The molecule has 2 heterocycles. The summed E-state index contributed by atoms with van der Waals surface area (Å²) >= 11 is 6.34. The van der Waals surface area contributed by atoms with E-state index in [-0.39, 0.29) is 11.6 Å². The zero-order chi connectivity index (χ0) is 16.6. The van der Waals surface area contributed by atoms with Crippen LogP contribution in [0.4, 0.5) is 0 Å². The number of aromatic amines is 1. The third-order valence-electron chi connectivity index (χ3n) is 3.76. The van der Waals surface area contributed by atoms with Crippen molar-refractivity contribution in [2.75, 3.05) is 0 Å². The first-order chi connectivity index (χ1) is 10.9. The molecule has 1 N–H and O–H groups in total. The number of nitrogens with zero attached hydrogens (tertiary/aromatic N) is 3. The van der Waals surface area contributed by atoms with Gasteiger partial charge in [0.2, 0.25) is 0 Å². The van der Waals surface area contributed by atoms with Crippen LogP contribution in [0.15, 0.2) is 41.5 Å². The molecule has 0 amide bonds. The minimum absolute atomic E-state index is 0.0139. The largest absolute Gasteiger partial charge is 0.311 e. The molecule has 0 aliphatic heterocycles. The first-order valence-electron chi connectivity index (χ1n) is 7.32. The van der Waals surface area contributed by atoms with Crippen LogP contribution in [0, 0.1) is 13.8 Å². The maximum absolute atomic E-state index is 11.6. The van der Waals surface area contributed by atoms with Crippen molar-refractivity contribution in [1.29, 1.82) is 0 Å². The molecule has 0 aliphatic carbocycles. The fourth-order valence-corrected chi connectivity index (χ4v) is 2.92. The Morgan fingerprint density at radius 2 is 2.04 bits per heavy atom. The number of halogens is 1. The van der Waals surface area contributed by atoms with Gasteiger partial charge in [0, 0.05) is 22.8 Å². The number of aromatic nitrogens is 4. The van der Waals surface area contributed by atoms with Crippen molar-refractivity contribution in [3.63, 3.8) is 0 Å². The average Bonchev–Trinajstić information content (AvgIpc) is 2.95. The first kappa shape index (κ1) is 15.5. The average molecular weight is 329 g/mol. The molecule has 6 heteroatoms. The van der Waals surface area contributed by atoms with Gasteiger partial charge in [0.05, 0.1) is 17.9 Å². The van der Waals surface area contributed by atoms with Crippen molar-refractivity contribution in [2.24, 2.45) is 0 Å². The van der Waals surface area contributed by atoms with Crippen LogP contribution < -0.4 is 5.56 Å². The third kappa shape index (κ3) is 3.19. The van der Waals surface area contributed by atoms with Crippen molar-refractivity contribution in [3.05, 3.63) is 69.0 Å². The molecule has 2 aromatic heterocycles. The highest BCUT2D eigenvalue weighted by atomic mass is 35.5. The van der Waals surface area contributed by atoms with Crippen molar-refractivity contribution in [2.45, 2.75) is 26.8 Å². The Morgan fingerprint density at radius 3 is 2.74 bits per heavy atom. The molecule has 3 rings (SSSR count). The van der Waals surface area contributed by atoms with Crippen molar-refractivity contribution >= 4 is 11.6 Å². The van der Waals surface area contributed by atoms with Gasteiger partial charge in [-0.3, -0.25) is 9.48 Å². The summed E-state index contributed by atoms with van der Waals surface area (Å²) in [5, 5.41) is 5.12. The van der Waals surface area contributed by atoms with Crippen LogP contribution >= 0.6 is 11.6 Å². The van der Waals surface area contributed by atoms with Gasteiger partial charge in [-0.1, -0.05) is 23.7 Å². The summed E-state index contributed by atoms with van der Waals surface area (Å²) in [6.07, 6.45) is 3.59. The highest BCUT2D eigenvalue weighted by Crippen LogP contribution is 2.27. The molecule has 0 radical (unpaired) electrons. The van der Waals surface area contributed by atoms with Crippen LogP contribution in [0.25, 0.3) is 11.3 Å². The van der Waals surface area contributed by atoms with Crippen LogP contribution in [-0.2, 0) is 0 Å². The lowest BCUT2D eigenvalue weighted by molar-refractivity contribution is 0.565. The highest BCUT2D eigenvalue weighted by molar-refractivity contribution is 6.31. The fourth-order valence-electron chi connectivity index (χ4n) is 2.52. The minimum Gasteiger partial charge on any atom is -0.311 e. The SMILES string of the molecule is Cc1ccc([C@@H](C)n2cc(-c3cc(=O)[nH]c(C)n3)cn2)c(Cl)c1. The number of hydrogen-bond donors (Lipinski definition) is 1. The Morgan fingerprint density at radius 1 is 1.26 bits per heavy atom. The lowest BCUT2D eigenvalue weighted by Gasteiger charge is -2.14. The molecule has 0 bridgehead atoms. The second-order valence-electron chi connectivity index (χ2n) is 5.63. The summed E-state index contributed by atoms with van der Waals surface area (Å²) in [5.74, 6) is 0.579. The summed E-state index contributed by atoms with van der Waals surface area (Å²) in [5.41, 5.74) is 3.36. The van der Waals surface area contributed by atoms with Crippen LogP contribution in [-0.4, -0.2) is 19.7 Å². The summed E-state index contributed by atoms with van der Waals surface area (Å²) in [6.45, 7) is 5.79. The number of rotatable bonds is 3. The zero-order valence-electron chi connectivity index (χ0n) is 13.2. The van der Waals surface area contributed by atoms with Gasteiger partial charge >= 0.3 is 0 Å². The molecule has 5 nitrogen and oxygen atoms in total. The third-order valence-corrected chi connectivity index (χ3v) is 4.09. The normalized spacial score (nSPS) is 12.3. The lowest BCUT2D eigenvalue weighted by Crippen LogP contribution is -2.09. The van der Waals surface area contributed by atoms with Crippen molar-refractivity contribution in [1.82, 2.24) is 19.7 Å². The predicted octanol–water partition coefficient (Wildman–Crippen LogP) is 3.51. The summed E-state index contributed by atoms with van der Waals surface area (Å²) < 4.78 is 1.82. The molecule has 0 saturated carbocycles. The van der Waals surface area contributed by atoms with Crippen LogP contribution in [0.5, 0.6) is 0 Å². The monoisotopic (exact) mass is 328 g/mol. The topological polar surface area (TPSA) is 63.6 Å². The molecule has 3 aromatic rings. The number of H-pyrrole nitrogens is 1. The Balaban J connectivity index is 1.96. The Bertz CT molecular complexity index is 913. The summed E-state index contributed by atoms with van der Waals surface area (Å²) in [7, 11) is 0. The predicted molar refractivity (Wildman–Crippen MR) is 90.8 cm³/mol. The van der Waals surface area contributed by atoms with E-state index in [1.807, 2.05) is 42.9 Å². The molecular weight excluding hydrogens is 312 g/mol. The van der Waals surface area contributed by atoms with Crippen LogP contribution in [0.3, 0.4) is 0 Å². The second kappa shape index (κ2) is 6.01. The minimum atomic E-state index is -0.171. The number of nitrogens with one attached hydrogen (secondary N) is 1. The molecule has 1 atom stereocenters. The Kier molecular flexibility index (Phi) is 4.05. The molecular formula is C17H17ClN4O. The number of benzene rings is 1. The standard InChI is InChI=1S/C17H17ClN4O/c1-10-4-5-14(15(18)6-10)11(2)22-9-13(8-19-22)16-7-17(23)21-12(3)20-16/h4-9,11H,1-3H3,(H,20,21,23)/t11-/m1/s1. The Labute approximate surface area is 139 Å². The van der Waals surface area contributed by atoms with E-state index in [0.29, 0.717) is 11.5 Å². The molecule has 0 fully saturated rings. The molecule has 1 aromatic carbocycles. The molecule has 0 spiro atoms. The van der Waals surface area contributed by atoms with Crippen LogP contribution in [0.1, 0.15) is 29.9 Å². The van der Waals surface area contributed by atoms with Crippen molar-refractivity contribution in [3.8, 4) is 11.3 Å². The summed E-state index contributed by atoms with van der Waals surface area (Å²) in [6, 6.07) is 7.44. The number of hydrogen-bond acceptors (Lipinski definition) is 3. The molecule has 118 valence electrons. The quantitative estimate of drug-likeness (QED) is 0.800. The smallest absolute Gasteiger partial charge is 0.251 e. The molecule has 0 saturated heterocycles.